The lowest BCUT2D eigenvalue weighted by molar-refractivity contribution is 0.586. The van der Waals surface area contributed by atoms with Gasteiger partial charge in [0.05, 0.1) is 0 Å². The smallest absolute Gasteiger partial charge is 0.123 e. The summed E-state index contributed by atoms with van der Waals surface area (Å²) in [6.07, 6.45) is 1.98. The molecule has 1 N–H and O–H groups in total. The first-order valence-electron chi connectivity index (χ1n) is 5.88. The van der Waals surface area contributed by atoms with Gasteiger partial charge in [0, 0.05) is 29.5 Å². The van der Waals surface area contributed by atoms with E-state index in [4.69, 9.17) is 11.6 Å². The summed E-state index contributed by atoms with van der Waals surface area (Å²) >= 11 is 6.08. The van der Waals surface area contributed by atoms with Crippen LogP contribution in [-0.2, 0) is 6.54 Å². The van der Waals surface area contributed by atoms with Gasteiger partial charge in [-0.1, -0.05) is 11.6 Å². The van der Waals surface area contributed by atoms with Gasteiger partial charge in [-0.05, 0) is 49.9 Å². The number of aromatic nitrogens is 1. The average Bonchev–Trinajstić information content (AvgIpc) is 2.81. The maximum Gasteiger partial charge on any atom is 0.123 e. The topological polar surface area (TPSA) is 17.0 Å². The monoisotopic (exact) mass is 266 g/mol. The molecule has 4 heteroatoms. The molecule has 2 aromatic rings. The molecule has 0 aliphatic rings. The molecule has 2 rings (SSSR count). The van der Waals surface area contributed by atoms with Crippen LogP contribution in [0.3, 0.4) is 0 Å². The standard InChI is InChI=1S/C14H16ClFN2/c1-10(17-2)14-4-3-7-18(14)9-11-8-12(16)5-6-13(11)15/h3-8,10,17H,9H2,1-2H3. The molecule has 1 aromatic heterocycles. The number of nitrogens with one attached hydrogen (secondary N) is 1. The molecule has 1 aromatic carbocycles. The Kier molecular flexibility index (Phi) is 4.04. The van der Waals surface area contributed by atoms with E-state index in [0.717, 1.165) is 11.3 Å². The van der Waals surface area contributed by atoms with Crippen LogP contribution >= 0.6 is 11.6 Å². The Labute approximate surface area is 111 Å². The van der Waals surface area contributed by atoms with Gasteiger partial charge in [-0.2, -0.15) is 0 Å². The molecule has 0 spiro atoms. The minimum Gasteiger partial charge on any atom is -0.346 e. The van der Waals surface area contributed by atoms with Crippen LogP contribution in [0.2, 0.25) is 5.02 Å². The van der Waals surface area contributed by atoms with Crippen LogP contribution in [-0.4, -0.2) is 11.6 Å². The quantitative estimate of drug-likeness (QED) is 0.895. The Morgan fingerprint density at radius 3 is 2.89 bits per heavy atom. The molecule has 0 amide bonds. The molecular weight excluding hydrogens is 251 g/mol. The summed E-state index contributed by atoms with van der Waals surface area (Å²) in [6.45, 7) is 2.66. The van der Waals surface area contributed by atoms with Crippen molar-refractivity contribution in [2.45, 2.75) is 19.5 Å². The number of nitrogens with zero attached hydrogens (tertiary/aromatic N) is 1. The molecule has 0 bridgehead atoms. The van der Waals surface area contributed by atoms with Gasteiger partial charge in [0.25, 0.3) is 0 Å². The van der Waals surface area contributed by atoms with Crippen LogP contribution in [0.5, 0.6) is 0 Å². The van der Waals surface area contributed by atoms with E-state index in [1.54, 1.807) is 6.07 Å². The third kappa shape index (κ3) is 2.74. The lowest BCUT2D eigenvalue weighted by Gasteiger charge is -2.15. The molecule has 0 saturated carbocycles. The van der Waals surface area contributed by atoms with Crippen LogP contribution in [0.15, 0.2) is 36.5 Å². The zero-order chi connectivity index (χ0) is 13.1. The molecule has 1 atom stereocenters. The molecule has 1 unspecified atom stereocenters. The highest BCUT2D eigenvalue weighted by Gasteiger charge is 2.10. The predicted molar refractivity (Wildman–Crippen MR) is 72.4 cm³/mol. The Morgan fingerprint density at radius 2 is 2.17 bits per heavy atom. The summed E-state index contributed by atoms with van der Waals surface area (Å²) < 4.78 is 15.3. The Bertz CT molecular complexity index is 536. The number of hydrogen-bond donors (Lipinski definition) is 1. The van der Waals surface area contributed by atoms with Crippen molar-refractivity contribution in [1.82, 2.24) is 9.88 Å². The SMILES string of the molecule is CNC(C)c1cccn1Cc1cc(F)ccc1Cl. The summed E-state index contributed by atoms with van der Waals surface area (Å²) in [5, 5.41) is 3.78. The lowest BCUT2D eigenvalue weighted by atomic mass is 10.2. The molecule has 0 saturated heterocycles. The molecule has 2 nitrogen and oxygen atoms in total. The number of hydrogen-bond acceptors (Lipinski definition) is 1. The summed E-state index contributed by atoms with van der Waals surface area (Å²) in [5.41, 5.74) is 1.94. The van der Waals surface area contributed by atoms with E-state index in [0.29, 0.717) is 11.6 Å². The minimum atomic E-state index is -0.259. The highest BCUT2D eigenvalue weighted by molar-refractivity contribution is 6.31. The third-order valence-corrected chi connectivity index (χ3v) is 3.46. The van der Waals surface area contributed by atoms with Crippen LogP contribution in [0.4, 0.5) is 4.39 Å². The summed E-state index contributed by atoms with van der Waals surface area (Å²) in [4.78, 5) is 0. The molecular formula is C14H16ClFN2. The zero-order valence-corrected chi connectivity index (χ0v) is 11.2. The van der Waals surface area contributed by atoms with E-state index in [1.807, 2.05) is 25.4 Å². The first-order valence-corrected chi connectivity index (χ1v) is 6.26. The van der Waals surface area contributed by atoms with Gasteiger partial charge in [0.2, 0.25) is 0 Å². The highest BCUT2D eigenvalue weighted by atomic mass is 35.5. The van der Waals surface area contributed by atoms with Gasteiger partial charge in [-0.3, -0.25) is 0 Å². The van der Waals surface area contributed by atoms with Gasteiger partial charge in [0.15, 0.2) is 0 Å². The fourth-order valence-corrected chi connectivity index (χ4v) is 2.14. The van der Waals surface area contributed by atoms with E-state index in [9.17, 15) is 4.39 Å². The summed E-state index contributed by atoms with van der Waals surface area (Å²) in [5.74, 6) is -0.259. The third-order valence-electron chi connectivity index (χ3n) is 3.09. The largest absolute Gasteiger partial charge is 0.346 e. The van der Waals surface area contributed by atoms with Gasteiger partial charge < -0.3 is 9.88 Å². The van der Waals surface area contributed by atoms with Crippen LogP contribution < -0.4 is 5.32 Å². The Hall–Kier alpha value is -1.32. The molecule has 0 radical (unpaired) electrons. The van der Waals surface area contributed by atoms with Crippen molar-refractivity contribution in [3.8, 4) is 0 Å². The lowest BCUT2D eigenvalue weighted by Crippen LogP contribution is -2.17. The van der Waals surface area contributed by atoms with Crippen molar-refractivity contribution in [2.24, 2.45) is 0 Å². The minimum absolute atomic E-state index is 0.243. The van der Waals surface area contributed by atoms with E-state index in [2.05, 4.69) is 16.8 Å². The number of halogens is 2. The van der Waals surface area contributed by atoms with Gasteiger partial charge >= 0.3 is 0 Å². The van der Waals surface area contributed by atoms with Crippen LogP contribution in [0, 0.1) is 5.82 Å². The first kappa shape index (κ1) is 13.1. The van der Waals surface area contributed by atoms with Crippen molar-refractivity contribution < 1.29 is 4.39 Å². The average molecular weight is 267 g/mol. The Morgan fingerprint density at radius 1 is 1.39 bits per heavy atom. The van der Waals surface area contributed by atoms with Crippen molar-refractivity contribution in [2.75, 3.05) is 7.05 Å². The second-order valence-corrected chi connectivity index (χ2v) is 4.71. The Balaban J connectivity index is 2.29. The molecule has 1 heterocycles. The molecule has 0 aliphatic carbocycles. The fourth-order valence-electron chi connectivity index (χ4n) is 1.96. The van der Waals surface area contributed by atoms with Gasteiger partial charge in [-0.25, -0.2) is 4.39 Å². The van der Waals surface area contributed by atoms with Gasteiger partial charge in [0.1, 0.15) is 5.82 Å². The maximum atomic E-state index is 13.2. The van der Waals surface area contributed by atoms with E-state index < -0.39 is 0 Å². The number of benzene rings is 1. The zero-order valence-electron chi connectivity index (χ0n) is 10.5. The van der Waals surface area contributed by atoms with Crippen molar-refractivity contribution in [1.29, 1.82) is 0 Å². The first-order chi connectivity index (χ1) is 8.61. The van der Waals surface area contributed by atoms with Crippen LogP contribution in [0.1, 0.15) is 24.2 Å². The predicted octanol–water partition coefficient (Wildman–Crippen LogP) is 3.61. The van der Waals surface area contributed by atoms with Gasteiger partial charge in [-0.15, -0.1) is 0 Å². The van der Waals surface area contributed by atoms with Crippen molar-refractivity contribution in [3.05, 3.63) is 58.6 Å². The van der Waals surface area contributed by atoms with Crippen LogP contribution in [0.25, 0.3) is 0 Å². The highest BCUT2D eigenvalue weighted by Crippen LogP contribution is 2.21. The van der Waals surface area contributed by atoms with E-state index in [-0.39, 0.29) is 11.9 Å². The normalized spacial score (nSPS) is 12.7. The van der Waals surface area contributed by atoms with E-state index >= 15 is 0 Å². The molecule has 96 valence electrons. The second-order valence-electron chi connectivity index (χ2n) is 4.31. The molecule has 0 fully saturated rings. The number of rotatable bonds is 4. The second kappa shape index (κ2) is 5.55. The maximum absolute atomic E-state index is 13.2. The molecule has 18 heavy (non-hydrogen) atoms. The van der Waals surface area contributed by atoms with E-state index in [1.165, 1.54) is 12.1 Å². The van der Waals surface area contributed by atoms with Crippen molar-refractivity contribution in [3.63, 3.8) is 0 Å². The summed E-state index contributed by atoms with van der Waals surface area (Å²) in [7, 11) is 1.91. The molecule has 0 aliphatic heterocycles. The fraction of sp³-hybridized carbons (Fsp3) is 0.286. The van der Waals surface area contributed by atoms with Crippen molar-refractivity contribution >= 4 is 11.6 Å². The summed E-state index contributed by atoms with van der Waals surface area (Å²) in [6, 6.07) is 8.73.